The molecular weight excluding hydrogens is 174 g/mol. The Balaban J connectivity index is 2.65. The molecule has 1 aromatic heterocycles. The van der Waals surface area contributed by atoms with E-state index in [-0.39, 0.29) is 5.41 Å². The molecule has 0 amide bonds. The molecular formula is C11H19N3. The normalized spacial score (nSPS) is 13.7. The van der Waals surface area contributed by atoms with Crippen LogP contribution in [0.25, 0.3) is 0 Å². The summed E-state index contributed by atoms with van der Waals surface area (Å²) in [4.78, 5) is 4.20. The number of nitrogens with two attached hydrogens (primary N) is 1. The second-order valence-electron chi connectivity index (χ2n) is 4.71. The van der Waals surface area contributed by atoms with Crippen LogP contribution in [-0.2, 0) is 0 Å². The van der Waals surface area contributed by atoms with Gasteiger partial charge in [0.2, 0.25) is 0 Å². The van der Waals surface area contributed by atoms with Crippen molar-refractivity contribution in [1.82, 2.24) is 4.98 Å². The average molecular weight is 193 g/mol. The number of anilines is 2. The summed E-state index contributed by atoms with van der Waals surface area (Å²) in [6, 6.07) is 4.13. The molecule has 78 valence electrons. The monoisotopic (exact) mass is 193 g/mol. The van der Waals surface area contributed by atoms with Crippen molar-refractivity contribution in [2.45, 2.75) is 33.7 Å². The van der Waals surface area contributed by atoms with Gasteiger partial charge in [0, 0.05) is 6.04 Å². The maximum Gasteiger partial charge on any atom is 0.126 e. The lowest BCUT2D eigenvalue weighted by atomic mass is 9.88. The third kappa shape index (κ3) is 2.91. The molecule has 14 heavy (non-hydrogen) atoms. The van der Waals surface area contributed by atoms with Gasteiger partial charge in [0.25, 0.3) is 0 Å². The van der Waals surface area contributed by atoms with Gasteiger partial charge in [0.1, 0.15) is 5.82 Å². The molecule has 0 aromatic carbocycles. The van der Waals surface area contributed by atoms with Gasteiger partial charge in [-0.25, -0.2) is 4.98 Å². The summed E-state index contributed by atoms with van der Waals surface area (Å²) < 4.78 is 0. The molecule has 1 rings (SSSR count). The van der Waals surface area contributed by atoms with E-state index in [0.717, 1.165) is 5.82 Å². The van der Waals surface area contributed by atoms with Crippen LogP contribution in [0, 0.1) is 5.41 Å². The van der Waals surface area contributed by atoms with Crippen LogP contribution in [0.5, 0.6) is 0 Å². The number of nitrogens with zero attached hydrogens (tertiary/aromatic N) is 1. The van der Waals surface area contributed by atoms with E-state index in [1.54, 1.807) is 6.20 Å². The zero-order chi connectivity index (χ0) is 10.8. The SMILES string of the molecule is CC(Nc1ccc(N)cn1)C(C)(C)C. The molecule has 3 nitrogen and oxygen atoms in total. The van der Waals surface area contributed by atoms with Gasteiger partial charge in [-0.3, -0.25) is 0 Å². The summed E-state index contributed by atoms with van der Waals surface area (Å²) in [6.45, 7) is 8.74. The number of nitrogens with one attached hydrogen (secondary N) is 1. The Morgan fingerprint density at radius 1 is 1.36 bits per heavy atom. The Hall–Kier alpha value is -1.25. The van der Waals surface area contributed by atoms with E-state index in [0.29, 0.717) is 11.7 Å². The molecule has 0 bridgehead atoms. The van der Waals surface area contributed by atoms with Crippen molar-refractivity contribution >= 4 is 11.5 Å². The first-order chi connectivity index (χ1) is 6.39. The van der Waals surface area contributed by atoms with Crippen molar-refractivity contribution in [2.75, 3.05) is 11.1 Å². The summed E-state index contributed by atoms with van der Waals surface area (Å²) in [5.41, 5.74) is 6.47. The minimum atomic E-state index is 0.225. The van der Waals surface area contributed by atoms with Crippen LogP contribution in [0.4, 0.5) is 11.5 Å². The van der Waals surface area contributed by atoms with Gasteiger partial charge in [0.15, 0.2) is 0 Å². The molecule has 1 atom stereocenters. The number of hydrogen-bond donors (Lipinski definition) is 2. The second kappa shape index (κ2) is 3.86. The lowest BCUT2D eigenvalue weighted by Crippen LogP contribution is -2.31. The molecule has 3 N–H and O–H groups in total. The summed E-state index contributed by atoms with van der Waals surface area (Å²) in [5, 5.41) is 3.34. The van der Waals surface area contributed by atoms with Crippen LogP contribution in [0.1, 0.15) is 27.7 Å². The largest absolute Gasteiger partial charge is 0.397 e. The zero-order valence-corrected chi connectivity index (χ0v) is 9.33. The molecule has 0 aliphatic rings. The van der Waals surface area contributed by atoms with Crippen LogP contribution in [0.2, 0.25) is 0 Å². The highest BCUT2D eigenvalue weighted by Gasteiger charge is 2.19. The molecule has 1 aromatic rings. The van der Waals surface area contributed by atoms with Crippen molar-refractivity contribution < 1.29 is 0 Å². The molecule has 0 saturated heterocycles. The fraction of sp³-hybridized carbons (Fsp3) is 0.545. The lowest BCUT2D eigenvalue weighted by Gasteiger charge is -2.28. The molecule has 0 spiro atoms. The van der Waals surface area contributed by atoms with Crippen molar-refractivity contribution in [3.63, 3.8) is 0 Å². The predicted octanol–water partition coefficient (Wildman–Crippen LogP) is 2.51. The molecule has 1 unspecified atom stereocenters. The molecule has 0 radical (unpaired) electrons. The smallest absolute Gasteiger partial charge is 0.126 e. The number of aromatic nitrogens is 1. The number of rotatable bonds is 2. The third-order valence-corrected chi connectivity index (χ3v) is 2.45. The lowest BCUT2D eigenvalue weighted by molar-refractivity contribution is 0.359. The van der Waals surface area contributed by atoms with Crippen LogP contribution >= 0.6 is 0 Å². The van der Waals surface area contributed by atoms with Crippen molar-refractivity contribution in [1.29, 1.82) is 0 Å². The van der Waals surface area contributed by atoms with E-state index in [1.807, 2.05) is 12.1 Å². The van der Waals surface area contributed by atoms with E-state index >= 15 is 0 Å². The number of hydrogen-bond acceptors (Lipinski definition) is 3. The molecule has 0 fully saturated rings. The highest BCUT2D eigenvalue weighted by atomic mass is 15.0. The van der Waals surface area contributed by atoms with Gasteiger partial charge in [-0.15, -0.1) is 0 Å². The van der Waals surface area contributed by atoms with Crippen molar-refractivity contribution in [3.05, 3.63) is 18.3 Å². The Bertz CT molecular complexity index is 284. The summed E-state index contributed by atoms with van der Waals surface area (Å²) in [7, 11) is 0. The van der Waals surface area contributed by atoms with Gasteiger partial charge in [-0.05, 0) is 24.5 Å². The van der Waals surface area contributed by atoms with Crippen LogP contribution < -0.4 is 11.1 Å². The van der Waals surface area contributed by atoms with E-state index in [1.165, 1.54) is 0 Å². The van der Waals surface area contributed by atoms with Gasteiger partial charge < -0.3 is 11.1 Å². The number of pyridine rings is 1. The topological polar surface area (TPSA) is 50.9 Å². The van der Waals surface area contributed by atoms with E-state index in [9.17, 15) is 0 Å². The summed E-state index contributed by atoms with van der Waals surface area (Å²) in [6.07, 6.45) is 1.66. The average Bonchev–Trinajstić information content (AvgIpc) is 2.07. The van der Waals surface area contributed by atoms with Crippen LogP contribution in [0.15, 0.2) is 18.3 Å². The molecule has 0 aliphatic heterocycles. The molecule has 0 saturated carbocycles. The maximum atomic E-state index is 5.55. The van der Waals surface area contributed by atoms with Crippen molar-refractivity contribution in [3.8, 4) is 0 Å². The molecule has 1 heterocycles. The summed E-state index contributed by atoms with van der Waals surface area (Å²) >= 11 is 0. The zero-order valence-electron chi connectivity index (χ0n) is 9.33. The number of nitrogen functional groups attached to an aromatic ring is 1. The van der Waals surface area contributed by atoms with Gasteiger partial charge in [-0.1, -0.05) is 20.8 Å². The van der Waals surface area contributed by atoms with Gasteiger partial charge in [0.05, 0.1) is 11.9 Å². The van der Waals surface area contributed by atoms with E-state index in [4.69, 9.17) is 5.73 Å². The second-order valence-corrected chi connectivity index (χ2v) is 4.71. The minimum absolute atomic E-state index is 0.225. The quantitative estimate of drug-likeness (QED) is 0.758. The Kier molecular flexibility index (Phi) is 2.99. The summed E-state index contributed by atoms with van der Waals surface area (Å²) in [5.74, 6) is 0.877. The Labute approximate surface area is 85.7 Å². The van der Waals surface area contributed by atoms with Crippen LogP contribution in [-0.4, -0.2) is 11.0 Å². The van der Waals surface area contributed by atoms with Crippen LogP contribution in [0.3, 0.4) is 0 Å². The highest BCUT2D eigenvalue weighted by Crippen LogP contribution is 2.21. The maximum absolute atomic E-state index is 5.55. The van der Waals surface area contributed by atoms with Gasteiger partial charge >= 0.3 is 0 Å². The molecule has 0 aliphatic carbocycles. The predicted molar refractivity (Wildman–Crippen MR) is 61.2 cm³/mol. The van der Waals surface area contributed by atoms with Crippen molar-refractivity contribution in [2.24, 2.45) is 5.41 Å². The van der Waals surface area contributed by atoms with E-state index in [2.05, 4.69) is 38.0 Å². The Morgan fingerprint density at radius 2 is 2.00 bits per heavy atom. The fourth-order valence-corrected chi connectivity index (χ4v) is 0.929. The van der Waals surface area contributed by atoms with Gasteiger partial charge in [-0.2, -0.15) is 0 Å². The standard InChI is InChI=1S/C11H19N3/c1-8(11(2,3)4)14-10-6-5-9(12)7-13-10/h5-8H,12H2,1-4H3,(H,13,14). The first-order valence-corrected chi connectivity index (χ1v) is 4.87. The first kappa shape index (κ1) is 10.8. The van der Waals surface area contributed by atoms with E-state index < -0.39 is 0 Å². The molecule has 3 heteroatoms. The Morgan fingerprint density at radius 3 is 2.43 bits per heavy atom. The highest BCUT2D eigenvalue weighted by molar-refractivity contribution is 5.44. The first-order valence-electron chi connectivity index (χ1n) is 4.87. The minimum Gasteiger partial charge on any atom is -0.397 e. The third-order valence-electron chi connectivity index (χ3n) is 2.45. The fourth-order valence-electron chi connectivity index (χ4n) is 0.929.